The number of nitrogens with two attached hydrogens (primary N) is 1. The van der Waals surface area contributed by atoms with Crippen molar-refractivity contribution in [3.8, 4) is 28.8 Å². The van der Waals surface area contributed by atoms with Gasteiger partial charge in [0.05, 0.1) is 0 Å². The second-order valence-corrected chi connectivity index (χ2v) is 3.49. The molecule has 0 spiro atoms. The Bertz CT molecular complexity index is 573. The number of aromatic nitrogens is 2. The van der Waals surface area contributed by atoms with E-state index in [9.17, 15) is 13.9 Å². The smallest absolute Gasteiger partial charge is 0.856 e. The van der Waals surface area contributed by atoms with Gasteiger partial charge < -0.3 is 20.7 Å². The molecule has 0 bridgehead atoms. The van der Waals surface area contributed by atoms with Crippen molar-refractivity contribution >= 4 is 5.82 Å². The van der Waals surface area contributed by atoms with Crippen LogP contribution in [0.15, 0.2) is 24.3 Å². The Hall–Kier alpha value is -1.00. The number of ether oxygens (including phenoxy) is 1. The zero-order valence-electron chi connectivity index (χ0n) is 10.4. The molecule has 0 aliphatic heterocycles. The van der Waals surface area contributed by atoms with Crippen LogP contribution in [-0.2, 0) is 0 Å². The number of hydrogen-bond acceptors (Lipinski definition) is 6. The Morgan fingerprint density at radius 3 is 2.30 bits per heavy atom. The first-order chi connectivity index (χ1) is 8.97. The Morgan fingerprint density at radius 1 is 1.20 bits per heavy atom. The van der Waals surface area contributed by atoms with Gasteiger partial charge in [-0.05, 0) is 24.3 Å². The van der Waals surface area contributed by atoms with Gasteiger partial charge in [0.15, 0.2) is 17.4 Å². The molecule has 0 saturated heterocycles. The van der Waals surface area contributed by atoms with Crippen LogP contribution in [-0.4, -0.2) is 21.7 Å². The number of rotatable bonds is 3. The Kier molecular flexibility index (Phi) is 6.08. The van der Waals surface area contributed by atoms with Crippen molar-refractivity contribution in [1.29, 1.82) is 0 Å². The van der Waals surface area contributed by atoms with Crippen molar-refractivity contribution in [2.24, 2.45) is 0 Å². The van der Waals surface area contributed by atoms with Crippen molar-refractivity contribution in [1.82, 2.24) is 9.97 Å². The van der Waals surface area contributed by atoms with Crippen LogP contribution in [0.1, 0.15) is 0 Å². The van der Waals surface area contributed by atoms with Gasteiger partial charge in [-0.1, -0.05) is 0 Å². The zero-order chi connectivity index (χ0) is 14.0. The molecule has 1 aromatic heterocycles. The molecule has 9 heteroatoms. The van der Waals surface area contributed by atoms with Crippen LogP contribution in [0.2, 0.25) is 0 Å². The largest absolute Gasteiger partial charge is 1.00 e. The quantitative estimate of drug-likeness (QED) is 0.643. The van der Waals surface area contributed by atoms with Crippen LogP contribution in [0.4, 0.5) is 14.6 Å². The van der Waals surface area contributed by atoms with E-state index >= 15 is 0 Å². The van der Waals surface area contributed by atoms with Crippen LogP contribution in [0.25, 0.3) is 11.4 Å². The van der Waals surface area contributed by atoms with Crippen molar-refractivity contribution < 1.29 is 75.1 Å². The van der Waals surface area contributed by atoms with Gasteiger partial charge in [-0.2, -0.15) is 8.78 Å². The second-order valence-electron chi connectivity index (χ2n) is 3.49. The molecule has 0 unspecified atom stereocenters. The molecule has 0 radical (unpaired) electrons. The summed E-state index contributed by atoms with van der Waals surface area (Å²) in [6.45, 7) is -2.92. The van der Waals surface area contributed by atoms with Gasteiger partial charge in [0.1, 0.15) is 5.75 Å². The summed E-state index contributed by atoms with van der Waals surface area (Å²) in [7, 11) is 0. The monoisotopic (exact) mass is 307 g/mol. The minimum absolute atomic E-state index is 0. The molecule has 1 aromatic carbocycles. The standard InChI is InChI=1S/C11H9F2N3O3.K/c12-11(13)19-6-3-1-5(2-4-6)9-15-8(14)7(17)10(18)16-9;/h1-4,11,17H,(H3,14,15,16,18);/q;+1/p-1. The molecule has 3 N–H and O–H groups in total. The summed E-state index contributed by atoms with van der Waals surface area (Å²) in [5.74, 6) is -2.02. The van der Waals surface area contributed by atoms with E-state index in [1.807, 2.05) is 0 Å². The molecule has 2 aromatic rings. The summed E-state index contributed by atoms with van der Waals surface area (Å²) in [6.07, 6.45) is 0. The summed E-state index contributed by atoms with van der Waals surface area (Å²) in [5, 5.41) is 20.4. The molecule has 20 heavy (non-hydrogen) atoms. The predicted molar refractivity (Wildman–Crippen MR) is 59.6 cm³/mol. The fourth-order valence-electron chi connectivity index (χ4n) is 1.37. The fraction of sp³-hybridized carbons (Fsp3) is 0.0909. The molecule has 1 heterocycles. The number of halogens is 2. The van der Waals surface area contributed by atoms with Crippen LogP contribution in [0.5, 0.6) is 17.4 Å². The van der Waals surface area contributed by atoms with E-state index in [2.05, 4.69) is 14.7 Å². The molecular formula is C11H8F2KN3O3. The molecule has 0 aliphatic carbocycles. The summed E-state index contributed by atoms with van der Waals surface area (Å²) < 4.78 is 28.1. The summed E-state index contributed by atoms with van der Waals surface area (Å²) in [6, 6.07) is 5.34. The fourth-order valence-corrected chi connectivity index (χ4v) is 1.37. The van der Waals surface area contributed by atoms with Gasteiger partial charge in [-0.25, -0.2) is 9.97 Å². The molecule has 0 saturated carbocycles. The van der Waals surface area contributed by atoms with Crippen LogP contribution < -0.4 is 67.0 Å². The van der Waals surface area contributed by atoms with Gasteiger partial charge >= 0.3 is 58.0 Å². The first kappa shape index (κ1) is 17.0. The normalized spacial score (nSPS) is 10.2. The molecule has 0 atom stereocenters. The average Bonchev–Trinajstić information content (AvgIpc) is 2.35. The number of anilines is 1. The molecule has 100 valence electrons. The summed E-state index contributed by atoms with van der Waals surface area (Å²) in [4.78, 5) is 7.23. The van der Waals surface area contributed by atoms with Gasteiger partial charge in [-0.15, -0.1) is 0 Å². The minimum Gasteiger partial charge on any atom is -0.856 e. The van der Waals surface area contributed by atoms with Gasteiger partial charge in [0.2, 0.25) is 0 Å². The van der Waals surface area contributed by atoms with E-state index in [0.29, 0.717) is 5.56 Å². The first-order valence-electron chi connectivity index (χ1n) is 5.06. The summed E-state index contributed by atoms with van der Waals surface area (Å²) >= 11 is 0. The molecule has 0 aliphatic rings. The van der Waals surface area contributed by atoms with E-state index in [1.54, 1.807) is 0 Å². The summed E-state index contributed by atoms with van der Waals surface area (Å²) in [5.41, 5.74) is 5.71. The molecule has 2 rings (SSSR count). The molecular weight excluding hydrogens is 299 g/mol. The van der Waals surface area contributed by atoms with E-state index in [4.69, 9.17) is 10.8 Å². The van der Waals surface area contributed by atoms with Crippen LogP contribution >= 0.6 is 0 Å². The Balaban J connectivity index is 0.00000200. The van der Waals surface area contributed by atoms with Gasteiger partial charge in [0.25, 0.3) is 0 Å². The van der Waals surface area contributed by atoms with Gasteiger partial charge in [-0.3, -0.25) is 0 Å². The third-order valence-corrected chi connectivity index (χ3v) is 2.22. The van der Waals surface area contributed by atoms with Crippen molar-refractivity contribution in [2.45, 2.75) is 6.61 Å². The van der Waals surface area contributed by atoms with Crippen LogP contribution in [0.3, 0.4) is 0 Å². The number of benzene rings is 1. The Morgan fingerprint density at radius 2 is 1.80 bits per heavy atom. The molecule has 6 nitrogen and oxygen atoms in total. The van der Waals surface area contributed by atoms with Gasteiger partial charge in [0, 0.05) is 11.4 Å². The number of alkyl halides is 2. The average molecular weight is 307 g/mol. The third-order valence-electron chi connectivity index (χ3n) is 2.22. The first-order valence-corrected chi connectivity index (χ1v) is 5.06. The maximum absolute atomic E-state index is 12.0. The molecule has 0 fully saturated rings. The van der Waals surface area contributed by atoms with E-state index < -0.39 is 18.2 Å². The third kappa shape index (κ3) is 3.99. The zero-order valence-corrected chi connectivity index (χ0v) is 13.5. The van der Waals surface area contributed by atoms with E-state index in [0.717, 1.165) is 0 Å². The maximum Gasteiger partial charge on any atom is 1.00 e. The van der Waals surface area contributed by atoms with Crippen molar-refractivity contribution in [2.75, 3.05) is 5.73 Å². The van der Waals surface area contributed by atoms with Crippen molar-refractivity contribution in [3.63, 3.8) is 0 Å². The number of aromatic hydroxyl groups is 1. The van der Waals surface area contributed by atoms with Crippen molar-refractivity contribution in [3.05, 3.63) is 24.3 Å². The Labute approximate surface area is 155 Å². The second kappa shape index (κ2) is 7.13. The molecule has 0 amide bonds. The number of nitrogen functional groups attached to an aromatic ring is 1. The van der Waals surface area contributed by atoms with E-state index in [-0.39, 0.29) is 68.8 Å². The topological polar surface area (TPSA) is 104 Å². The SMILES string of the molecule is Nc1nc(-c2ccc(OC(F)F)cc2)nc([O-])c1O.[K+]. The number of hydrogen-bond donors (Lipinski definition) is 2. The van der Waals surface area contributed by atoms with E-state index in [1.165, 1.54) is 24.3 Å². The number of nitrogens with zero attached hydrogens (tertiary/aromatic N) is 2. The maximum atomic E-state index is 12.0. The predicted octanol–water partition coefficient (Wildman–Crippen LogP) is -1.89. The minimum atomic E-state index is -2.92. The van der Waals surface area contributed by atoms with Crippen LogP contribution in [0, 0.1) is 0 Å².